The van der Waals surface area contributed by atoms with Crippen LogP contribution >= 0.6 is 0 Å². The van der Waals surface area contributed by atoms with Crippen LogP contribution < -0.4 is 10.5 Å². The number of benzene rings is 1. The minimum Gasteiger partial charge on any atom is -0.385 e. The molecule has 0 atom stereocenters. The Balaban J connectivity index is 2.43. The Kier molecular flexibility index (Phi) is 6.43. The van der Waals surface area contributed by atoms with Crippen molar-refractivity contribution in [3.63, 3.8) is 0 Å². The van der Waals surface area contributed by atoms with E-state index in [1.54, 1.807) is 7.11 Å². The molecule has 0 aliphatic carbocycles. The second-order valence-corrected chi connectivity index (χ2v) is 12.5. The molecule has 2 nitrogen and oxygen atoms in total. The van der Waals surface area contributed by atoms with E-state index in [4.69, 9.17) is 4.74 Å². The van der Waals surface area contributed by atoms with Crippen molar-refractivity contribution >= 4 is 13.3 Å². The third kappa shape index (κ3) is 6.20. The third-order valence-electron chi connectivity index (χ3n) is 3.74. The van der Waals surface area contributed by atoms with Crippen molar-refractivity contribution in [1.82, 2.24) is 5.32 Å². The molecule has 0 spiro atoms. The molecule has 0 aliphatic heterocycles. The van der Waals surface area contributed by atoms with Gasteiger partial charge in [-0.1, -0.05) is 62.9 Å². The molecule has 1 aromatic carbocycles. The number of nitrogens with one attached hydrogen (secondary N) is 1. The van der Waals surface area contributed by atoms with Crippen LogP contribution in [0.3, 0.4) is 0 Å². The van der Waals surface area contributed by atoms with Crippen molar-refractivity contribution < 1.29 is 4.74 Å². The molecule has 0 bridgehead atoms. The predicted molar refractivity (Wildman–Crippen MR) is 91.4 cm³/mol. The van der Waals surface area contributed by atoms with Crippen molar-refractivity contribution in [3.05, 3.63) is 29.8 Å². The molecule has 0 aliphatic rings. The van der Waals surface area contributed by atoms with Crippen LogP contribution in [0.25, 0.3) is 0 Å². The smallest absolute Gasteiger partial charge is 0.0775 e. The first kappa shape index (κ1) is 17.4. The van der Waals surface area contributed by atoms with Gasteiger partial charge in [-0.15, -0.1) is 0 Å². The number of hydrogen-bond acceptors (Lipinski definition) is 2. The van der Waals surface area contributed by atoms with Crippen molar-refractivity contribution in [2.45, 2.75) is 46.5 Å². The summed E-state index contributed by atoms with van der Waals surface area (Å²) in [5, 5.41) is 5.09. The van der Waals surface area contributed by atoms with Crippen LogP contribution in [0, 0.1) is 5.41 Å². The Morgan fingerprint density at radius 2 is 1.70 bits per heavy atom. The average molecular weight is 294 g/mol. The zero-order valence-corrected chi connectivity index (χ0v) is 15.0. The van der Waals surface area contributed by atoms with Gasteiger partial charge in [-0.2, -0.15) is 0 Å². The van der Waals surface area contributed by atoms with Crippen molar-refractivity contribution in [3.8, 4) is 0 Å². The quantitative estimate of drug-likeness (QED) is 0.742. The SMILES string of the molecule is COCCC(C)(C)CNCc1ccc([Si](C)(C)C)cc1. The van der Waals surface area contributed by atoms with Crippen LogP contribution in [0.5, 0.6) is 0 Å². The van der Waals surface area contributed by atoms with E-state index in [9.17, 15) is 0 Å². The molecule has 0 saturated carbocycles. The molecular weight excluding hydrogens is 262 g/mol. The summed E-state index contributed by atoms with van der Waals surface area (Å²) in [5.74, 6) is 0. The molecule has 1 rings (SSSR count). The van der Waals surface area contributed by atoms with Gasteiger partial charge >= 0.3 is 0 Å². The van der Waals surface area contributed by atoms with Crippen molar-refractivity contribution in [1.29, 1.82) is 0 Å². The molecule has 0 unspecified atom stereocenters. The topological polar surface area (TPSA) is 21.3 Å². The van der Waals surface area contributed by atoms with E-state index in [1.807, 2.05) is 0 Å². The van der Waals surface area contributed by atoms with Crippen LogP contribution in [0.4, 0.5) is 0 Å². The lowest BCUT2D eigenvalue weighted by Gasteiger charge is -2.24. The summed E-state index contributed by atoms with van der Waals surface area (Å²) in [6, 6.07) is 9.14. The van der Waals surface area contributed by atoms with Gasteiger partial charge in [-0.05, 0) is 17.4 Å². The van der Waals surface area contributed by atoms with E-state index >= 15 is 0 Å². The number of ether oxygens (including phenoxy) is 1. The zero-order chi connectivity index (χ0) is 15.2. The second-order valence-electron chi connectivity index (χ2n) is 7.46. The first-order chi connectivity index (χ1) is 9.24. The van der Waals surface area contributed by atoms with Gasteiger partial charge in [0.2, 0.25) is 0 Å². The lowest BCUT2D eigenvalue weighted by molar-refractivity contribution is 0.150. The van der Waals surface area contributed by atoms with E-state index < -0.39 is 8.07 Å². The highest BCUT2D eigenvalue weighted by Gasteiger charge is 2.17. The highest BCUT2D eigenvalue weighted by molar-refractivity contribution is 6.88. The molecule has 1 N–H and O–H groups in total. The highest BCUT2D eigenvalue weighted by Crippen LogP contribution is 2.18. The minimum atomic E-state index is -1.17. The Hall–Kier alpha value is -0.643. The van der Waals surface area contributed by atoms with Crippen molar-refractivity contribution in [2.75, 3.05) is 20.3 Å². The van der Waals surface area contributed by atoms with Gasteiger partial charge in [-0.3, -0.25) is 0 Å². The van der Waals surface area contributed by atoms with E-state index in [0.29, 0.717) is 0 Å². The molecular formula is C17H31NOSi. The predicted octanol–water partition coefficient (Wildman–Crippen LogP) is 3.38. The van der Waals surface area contributed by atoms with E-state index in [2.05, 4.69) is 63.1 Å². The molecule has 114 valence electrons. The summed E-state index contributed by atoms with van der Waals surface area (Å²) in [4.78, 5) is 0. The van der Waals surface area contributed by atoms with Gasteiger partial charge in [0.05, 0.1) is 8.07 Å². The third-order valence-corrected chi connectivity index (χ3v) is 5.80. The molecule has 3 heteroatoms. The summed E-state index contributed by atoms with van der Waals surface area (Å²) in [7, 11) is 0.601. The number of hydrogen-bond donors (Lipinski definition) is 1. The molecule has 0 saturated heterocycles. The number of rotatable bonds is 8. The van der Waals surface area contributed by atoms with E-state index in [1.165, 1.54) is 10.8 Å². The highest BCUT2D eigenvalue weighted by atomic mass is 28.3. The summed E-state index contributed by atoms with van der Waals surface area (Å²) >= 11 is 0. The van der Waals surface area contributed by atoms with Crippen molar-refractivity contribution in [2.24, 2.45) is 5.41 Å². The Bertz CT molecular complexity index is 392. The average Bonchev–Trinajstić information content (AvgIpc) is 2.36. The van der Waals surface area contributed by atoms with Gasteiger partial charge in [0.25, 0.3) is 0 Å². The molecule has 0 aromatic heterocycles. The molecule has 0 heterocycles. The Morgan fingerprint density at radius 3 is 2.20 bits per heavy atom. The largest absolute Gasteiger partial charge is 0.385 e. The van der Waals surface area contributed by atoms with Gasteiger partial charge in [0.15, 0.2) is 0 Å². The maximum Gasteiger partial charge on any atom is 0.0775 e. The minimum absolute atomic E-state index is 0.286. The van der Waals surface area contributed by atoms with E-state index in [-0.39, 0.29) is 5.41 Å². The van der Waals surface area contributed by atoms with Gasteiger partial charge < -0.3 is 10.1 Å². The van der Waals surface area contributed by atoms with Crippen LogP contribution in [0.2, 0.25) is 19.6 Å². The normalized spacial score (nSPS) is 12.7. The van der Waals surface area contributed by atoms with Gasteiger partial charge in [0, 0.05) is 26.8 Å². The van der Waals surface area contributed by atoms with Gasteiger partial charge in [0.1, 0.15) is 0 Å². The maximum absolute atomic E-state index is 5.16. The molecule has 1 aromatic rings. The molecule has 0 radical (unpaired) electrons. The van der Waals surface area contributed by atoms with Gasteiger partial charge in [-0.25, -0.2) is 0 Å². The Labute approximate surface area is 125 Å². The first-order valence-electron chi connectivity index (χ1n) is 7.54. The molecule has 20 heavy (non-hydrogen) atoms. The second kappa shape index (κ2) is 7.39. The molecule has 0 amide bonds. The van der Waals surface area contributed by atoms with Crippen LogP contribution in [-0.4, -0.2) is 28.3 Å². The fourth-order valence-corrected chi connectivity index (χ4v) is 3.30. The fraction of sp³-hybridized carbons (Fsp3) is 0.647. The van der Waals surface area contributed by atoms with Crippen LogP contribution in [0.15, 0.2) is 24.3 Å². The fourth-order valence-electron chi connectivity index (χ4n) is 2.13. The lowest BCUT2D eigenvalue weighted by atomic mass is 9.89. The standard InChI is InChI=1S/C17H31NOSi/c1-17(2,11-12-19-3)14-18-13-15-7-9-16(10-8-15)20(4,5)6/h7-10,18H,11-14H2,1-6H3. The van der Waals surface area contributed by atoms with Crippen LogP contribution in [-0.2, 0) is 11.3 Å². The zero-order valence-electron chi connectivity index (χ0n) is 14.0. The summed E-state index contributed by atoms with van der Waals surface area (Å²) in [6.07, 6.45) is 1.09. The first-order valence-corrected chi connectivity index (χ1v) is 11.0. The summed E-state index contributed by atoms with van der Waals surface area (Å²) < 4.78 is 5.16. The maximum atomic E-state index is 5.16. The summed E-state index contributed by atoms with van der Waals surface area (Å²) in [6.45, 7) is 14.5. The number of methoxy groups -OCH3 is 1. The Morgan fingerprint density at radius 1 is 1.10 bits per heavy atom. The van der Waals surface area contributed by atoms with E-state index in [0.717, 1.165) is 26.1 Å². The lowest BCUT2D eigenvalue weighted by Crippen LogP contribution is -2.37. The molecule has 0 fully saturated rings. The van der Waals surface area contributed by atoms with Crippen LogP contribution in [0.1, 0.15) is 25.8 Å². The monoisotopic (exact) mass is 293 g/mol. The summed E-state index contributed by atoms with van der Waals surface area (Å²) in [5.41, 5.74) is 1.66.